The number of aryl methyl sites for hydroxylation is 1. The topological polar surface area (TPSA) is 75.7 Å². The number of nitrogens with zero attached hydrogens (tertiary/aromatic N) is 1. The van der Waals surface area contributed by atoms with Crippen molar-refractivity contribution in [2.75, 3.05) is 23.4 Å². The molecule has 4 rings (SSSR count). The summed E-state index contributed by atoms with van der Waals surface area (Å²) in [6.07, 6.45) is 3.92. The molecule has 180 valence electrons. The Morgan fingerprint density at radius 1 is 1.03 bits per heavy atom. The highest BCUT2D eigenvalue weighted by atomic mass is 16.5. The van der Waals surface area contributed by atoms with E-state index in [1.165, 1.54) is 5.56 Å². The molecule has 1 heterocycles. The van der Waals surface area contributed by atoms with Gasteiger partial charge in [0.05, 0.1) is 11.8 Å². The Morgan fingerprint density at radius 2 is 1.76 bits per heavy atom. The zero-order valence-corrected chi connectivity index (χ0v) is 20.3. The van der Waals surface area contributed by atoms with Gasteiger partial charge in [-0.25, -0.2) is 0 Å². The average Bonchev–Trinajstić information content (AvgIpc) is 3.27. The molecule has 1 saturated carbocycles. The van der Waals surface area contributed by atoms with Gasteiger partial charge in [0.2, 0.25) is 5.91 Å². The van der Waals surface area contributed by atoms with Gasteiger partial charge in [0.1, 0.15) is 0 Å². The van der Waals surface area contributed by atoms with E-state index < -0.39 is 17.8 Å². The average molecular weight is 463 g/mol. The largest absolute Gasteiger partial charge is 0.455 e. The summed E-state index contributed by atoms with van der Waals surface area (Å²) in [6, 6.07) is 13.9. The summed E-state index contributed by atoms with van der Waals surface area (Å²) in [5.74, 6) is -1.47. The summed E-state index contributed by atoms with van der Waals surface area (Å²) >= 11 is 0. The normalized spacial score (nSPS) is 19.6. The third-order valence-corrected chi connectivity index (χ3v) is 7.08. The first-order valence-electron chi connectivity index (χ1n) is 12.3. The number of hydrogen-bond acceptors (Lipinski definition) is 4. The van der Waals surface area contributed by atoms with Gasteiger partial charge < -0.3 is 15.0 Å². The van der Waals surface area contributed by atoms with Crippen molar-refractivity contribution in [2.24, 2.45) is 11.8 Å². The molecule has 6 heteroatoms. The zero-order chi connectivity index (χ0) is 24.2. The SMILES string of the molecule is Cc1cccc(C(C)C)c1NC(=O)COC(=O)C1CCCCC1C(=O)N1CCc2ccccc21. The van der Waals surface area contributed by atoms with E-state index in [-0.39, 0.29) is 24.3 Å². The van der Waals surface area contributed by atoms with Crippen molar-refractivity contribution in [3.63, 3.8) is 0 Å². The van der Waals surface area contributed by atoms with Crippen molar-refractivity contribution in [2.45, 2.75) is 58.8 Å². The van der Waals surface area contributed by atoms with Crippen LogP contribution in [0.25, 0.3) is 0 Å². The van der Waals surface area contributed by atoms with Crippen molar-refractivity contribution in [3.8, 4) is 0 Å². The number of carbonyl (C=O) groups excluding carboxylic acids is 3. The first kappa shape index (κ1) is 24.0. The van der Waals surface area contributed by atoms with Crippen LogP contribution in [0.3, 0.4) is 0 Å². The number of amides is 2. The van der Waals surface area contributed by atoms with Crippen molar-refractivity contribution in [3.05, 3.63) is 59.2 Å². The number of ether oxygens (including phenoxy) is 1. The molecule has 0 saturated heterocycles. The molecule has 0 spiro atoms. The minimum absolute atomic E-state index is 0.00228. The monoisotopic (exact) mass is 462 g/mol. The predicted octanol–water partition coefficient (Wildman–Crippen LogP) is 5.00. The molecule has 6 nitrogen and oxygen atoms in total. The molecule has 2 aromatic carbocycles. The van der Waals surface area contributed by atoms with Gasteiger partial charge in [-0.3, -0.25) is 14.4 Å². The van der Waals surface area contributed by atoms with Gasteiger partial charge in [-0.05, 0) is 54.9 Å². The maximum absolute atomic E-state index is 13.4. The number of hydrogen-bond donors (Lipinski definition) is 1. The van der Waals surface area contributed by atoms with E-state index in [0.29, 0.717) is 19.4 Å². The molecule has 0 aromatic heterocycles. The summed E-state index contributed by atoms with van der Waals surface area (Å²) in [5.41, 5.74) is 4.90. The second kappa shape index (κ2) is 10.4. The molecule has 1 aliphatic heterocycles. The van der Waals surface area contributed by atoms with Gasteiger partial charge in [0.25, 0.3) is 5.91 Å². The Kier molecular flexibility index (Phi) is 7.35. The predicted molar refractivity (Wildman–Crippen MR) is 133 cm³/mol. The van der Waals surface area contributed by atoms with Gasteiger partial charge in [0.15, 0.2) is 6.61 Å². The minimum atomic E-state index is -0.508. The van der Waals surface area contributed by atoms with E-state index in [9.17, 15) is 14.4 Å². The standard InChI is InChI=1S/C28H34N2O4/c1-18(2)21-13-8-9-19(3)26(21)29-25(31)17-34-28(33)23-12-6-5-11-22(23)27(32)30-16-15-20-10-4-7-14-24(20)30/h4,7-10,13-14,18,22-23H,5-6,11-12,15-17H2,1-3H3,(H,29,31). The summed E-state index contributed by atoms with van der Waals surface area (Å²) in [7, 11) is 0. The number of esters is 1. The molecule has 2 atom stereocenters. The van der Waals surface area contributed by atoms with Crippen LogP contribution in [0.1, 0.15) is 62.1 Å². The Morgan fingerprint density at radius 3 is 2.53 bits per heavy atom. The molecule has 1 N–H and O–H groups in total. The lowest BCUT2D eigenvalue weighted by atomic mass is 9.78. The highest BCUT2D eigenvalue weighted by molar-refractivity contribution is 5.99. The van der Waals surface area contributed by atoms with Gasteiger partial charge in [0, 0.05) is 17.9 Å². The number of para-hydroxylation sites is 2. The number of benzene rings is 2. The maximum atomic E-state index is 13.4. The summed E-state index contributed by atoms with van der Waals surface area (Å²) in [6.45, 7) is 6.39. The van der Waals surface area contributed by atoms with Gasteiger partial charge in [-0.1, -0.05) is 63.1 Å². The zero-order valence-electron chi connectivity index (χ0n) is 20.3. The fraction of sp³-hybridized carbons (Fsp3) is 0.464. The summed E-state index contributed by atoms with van der Waals surface area (Å²) in [4.78, 5) is 40.9. The van der Waals surface area contributed by atoms with Crippen LogP contribution in [0.5, 0.6) is 0 Å². The molecule has 1 fully saturated rings. The molecule has 34 heavy (non-hydrogen) atoms. The van der Waals surface area contributed by atoms with Crippen LogP contribution in [-0.2, 0) is 25.5 Å². The van der Waals surface area contributed by atoms with Crippen LogP contribution < -0.4 is 10.2 Å². The molecule has 2 aromatic rings. The number of anilines is 2. The van der Waals surface area contributed by atoms with Crippen LogP contribution in [0, 0.1) is 18.8 Å². The molecule has 0 radical (unpaired) electrons. The lowest BCUT2D eigenvalue weighted by molar-refractivity contribution is -0.156. The van der Waals surface area contributed by atoms with E-state index >= 15 is 0 Å². The number of rotatable bonds is 6. The quantitative estimate of drug-likeness (QED) is 0.613. The molecular formula is C28H34N2O4. The first-order chi connectivity index (χ1) is 16.4. The van der Waals surface area contributed by atoms with E-state index in [4.69, 9.17) is 4.74 Å². The smallest absolute Gasteiger partial charge is 0.310 e. The molecule has 0 bridgehead atoms. The first-order valence-corrected chi connectivity index (χ1v) is 12.3. The van der Waals surface area contributed by atoms with Crippen LogP contribution in [0.2, 0.25) is 0 Å². The van der Waals surface area contributed by atoms with Crippen LogP contribution in [0.4, 0.5) is 11.4 Å². The Hall–Kier alpha value is -3.15. The molecule has 2 unspecified atom stereocenters. The maximum Gasteiger partial charge on any atom is 0.310 e. The van der Waals surface area contributed by atoms with E-state index in [2.05, 4.69) is 19.2 Å². The van der Waals surface area contributed by atoms with E-state index in [0.717, 1.165) is 41.8 Å². The van der Waals surface area contributed by atoms with Gasteiger partial charge in [-0.2, -0.15) is 0 Å². The third-order valence-electron chi connectivity index (χ3n) is 7.08. The number of fused-ring (bicyclic) bond motifs is 1. The number of carbonyl (C=O) groups is 3. The van der Waals surface area contributed by atoms with Crippen molar-refractivity contribution >= 4 is 29.2 Å². The lowest BCUT2D eigenvalue weighted by Gasteiger charge is -2.32. The second-order valence-corrected chi connectivity index (χ2v) is 9.72. The minimum Gasteiger partial charge on any atom is -0.455 e. The van der Waals surface area contributed by atoms with Crippen molar-refractivity contribution in [1.29, 1.82) is 0 Å². The van der Waals surface area contributed by atoms with Gasteiger partial charge in [-0.15, -0.1) is 0 Å². The van der Waals surface area contributed by atoms with Crippen LogP contribution >= 0.6 is 0 Å². The van der Waals surface area contributed by atoms with Crippen LogP contribution in [0.15, 0.2) is 42.5 Å². The Labute approximate surface area is 201 Å². The second-order valence-electron chi connectivity index (χ2n) is 9.72. The van der Waals surface area contributed by atoms with E-state index in [1.807, 2.05) is 54.3 Å². The molecule has 1 aliphatic carbocycles. The highest BCUT2D eigenvalue weighted by Crippen LogP contribution is 2.36. The van der Waals surface area contributed by atoms with Crippen molar-refractivity contribution < 1.29 is 19.1 Å². The van der Waals surface area contributed by atoms with E-state index in [1.54, 1.807) is 0 Å². The fourth-order valence-corrected chi connectivity index (χ4v) is 5.24. The molecule has 2 aliphatic rings. The van der Waals surface area contributed by atoms with Gasteiger partial charge >= 0.3 is 5.97 Å². The Bertz CT molecular complexity index is 1080. The molecular weight excluding hydrogens is 428 g/mol. The summed E-state index contributed by atoms with van der Waals surface area (Å²) in [5, 5.41) is 2.92. The van der Waals surface area contributed by atoms with Crippen molar-refractivity contribution in [1.82, 2.24) is 0 Å². The lowest BCUT2D eigenvalue weighted by Crippen LogP contribution is -2.42. The molecule has 2 amide bonds. The third kappa shape index (κ3) is 5.01. The van der Waals surface area contributed by atoms with Crippen LogP contribution in [-0.4, -0.2) is 30.9 Å². The number of nitrogens with one attached hydrogen (secondary N) is 1. The highest BCUT2D eigenvalue weighted by Gasteiger charge is 2.40. The summed E-state index contributed by atoms with van der Waals surface area (Å²) < 4.78 is 5.45. The fourth-order valence-electron chi connectivity index (χ4n) is 5.24. The Balaban J connectivity index is 1.39.